The van der Waals surface area contributed by atoms with E-state index in [1.54, 1.807) is 6.07 Å². The number of halogens is 2. The maximum atomic E-state index is 14.2. The molecule has 0 bridgehead atoms. The topological polar surface area (TPSA) is 108 Å². The Morgan fingerprint density at radius 2 is 1.52 bits per heavy atom. The molecule has 0 radical (unpaired) electrons. The molecule has 10 heteroatoms. The van der Waals surface area contributed by atoms with Crippen LogP contribution in [0, 0.1) is 11.6 Å². The lowest BCUT2D eigenvalue weighted by Gasteiger charge is -2.13. The molecule has 0 aliphatic rings. The van der Waals surface area contributed by atoms with Gasteiger partial charge in [-0.3, -0.25) is 18.7 Å². The van der Waals surface area contributed by atoms with Gasteiger partial charge in [-0.05, 0) is 12.1 Å². The number of rotatable bonds is 7. The van der Waals surface area contributed by atoms with E-state index in [0.717, 1.165) is 23.9 Å². The summed E-state index contributed by atoms with van der Waals surface area (Å²) >= 11 is 0. The van der Waals surface area contributed by atoms with Crippen molar-refractivity contribution in [2.45, 2.75) is 13.1 Å². The zero-order valence-corrected chi connectivity index (χ0v) is 17.3. The first kappa shape index (κ1) is 23.3. The van der Waals surface area contributed by atoms with E-state index < -0.39 is 52.5 Å². The Morgan fingerprint density at radius 1 is 0.970 bits per heavy atom. The molecule has 0 amide bonds. The third-order valence-electron chi connectivity index (χ3n) is 4.75. The van der Waals surface area contributed by atoms with Crippen molar-refractivity contribution in [3.8, 4) is 0 Å². The minimum Gasteiger partial charge on any atom is -0.502 e. The number of benzene rings is 2. The summed E-state index contributed by atoms with van der Waals surface area (Å²) in [6, 6.07) is 11.0. The van der Waals surface area contributed by atoms with Gasteiger partial charge in [-0.25, -0.2) is 18.4 Å². The molecular formula is C23H18F2N2O6. The van der Waals surface area contributed by atoms with E-state index in [-0.39, 0.29) is 17.7 Å². The van der Waals surface area contributed by atoms with Gasteiger partial charge in [0.1, 0.15) is 17.2 Å². The number of allylic oxidation sites excluding steroid dienone is 1. The zero-order chi connectivity index (χ0) is 24.1. The number of hydrogen-bond donors (Lipinski definition) is 1. The second-order valence-corrected chi connectivity index (χ2v) is 6.91. The van der Waals surface area contributed by atoms with Crippen LogP contribution in [0.4, 0.5) is 8.78 Å². The molecule has 1 heterocycles. The number of nitrogens with zero attached hydrogens (tertiary/aromatic N) is 2. The van der Waals surface area contributed by atoms with Crippen LogP contribution < -0.4 is 11.2 Å². The van der Waals surface area contributed by atoms with Crippen molar-refractivity contribution in [2.24, 2.45) is 0 Å². The summed E-state index contributed by atoms with van der Waals surface area (Å²) in [4.78, 5) is 50.0. The molecule has 0 saturated heterocycles. The van der Waals surface area contributed by atoms with E-state index in [1.807, 2.05) is 0 Å². The molecule has 3 aromatic rings. The molecule has 3 rings (SSSR count). The Hall–Kier alpha value is -4.34. The summed E-state index contributed by atoms with van der Waals surface area (Å²) < 4.78 is 34.1. The summed E-state index contributed by atoms with van der Waals surface area (Å²) in [5.41, 5.74) is -2.48. The summed E-state index contributed by atoms with van der Waals surface area (Å²) in [7, 11) is 0.979. The highest BCUT2D eigenvalue weighted by Crippen LogP contribution is 2.10. The Kier molecular flexibility index (Phi) is 6.97. The van der Waals surface area contributed by atoms with Gasteiger partial charge in [0, 0.05) is 23.4 Å². The number of aliphatic hydroxyl groups excluding tert-OH is 1. The predicted molar refractivity (Wildman–Crippen MR) is 113 cm³/mol. The van der Waals surface area contributed by atoms with Gasteiger partial charge in [-0.1, -0.05) is 36.4 Å². The first-order valence-electron chi connectivity index (χ1n) is 9.57. The van der Waals surface area contributed by atoms with Crippen LogP contribution in [0.2, 0.25) is 0 Å². The van der Waals surface area contributed by atoms with Crippen LogP contribution in [0.1, 0.15) is 21.5 Å². The van der Waals surface area contributed by atoms with Crippen LogP contribution in [0.3, 0.4) is 0 Å². The van der Waals surface area contributed by atoms with Crippen molar-refractivity contribution in [2.75, 3.05) is 7.11 Å². The van der Waals surface area contributed by atoms with Crippen LogP contribution in [0.5, 0.6) is 0 Å². The minimum absolute atomic E-state index is 0.00620. The Labute approximate surface area is 185 Å². The predicted octanol–water partition coefficient (Wildman–Crippen LogP) is 2.18. The number of esters is 1. The fourth-order valence-corrected chi connectivity index (χ4v) is 3.05. The van der Waals surface area contributed by atoms with E-state index in [2.05, 4.69) is 4.74 Å². The lowest BCUT2D eigenvalue weighted by molar-refractivity contribution is -0.139. The van der Waals surface area contributed by atoms with Gasteiger partial charge in [0.25, 0.3) is 5.56 Å². The van der Waals surface area contributed by atoms with Crippen molar-refractivity contribution in [3.05, 3.63) is 116 Å². The van der Waals surface area contributed by atoms with Gasteiger partial charge in [-0.2, -0.15) is 0 Å². The number of carbonyl (C=O) groups excluding carboxylic acids is 2. The zero-order valence-electron chi connectivity index (χ0n) is 17.3. The number of hydrogen-bond acceptors (Lipinski definition) is 6. The summed E-state index contributed by atoms with van der Waals surface area (Å²) in [6.07, 6.45) is 1.37. The number of aromatic nitrogens is 2. The molecule has 0 fully saturated rings. The molecule has 0 atom stereocenters. The van der Waals surface area contributed by atoms with Crippen molar-refractivity contribution in [3.63, 3.8) is 0 Å². The van der Waals surface area contributed by atoms with Gasteiger partial charge < -0.3 is 9.84 Å². The number of methoxy groups -OCH3 is 1. The molecule has 0 saturated carbocycles. The minimum atomic E-state index is -1.21. The van der Waals surface area contributed by atoms with Crippen LogP contribution in [-0.2, 0) is 22.6 Å². The van der Waals surface area contributed by atoms with E-state index >= 15 is 0 Å². The molecule has 0 spiro atoms. The largest absolute Gasteiger partial charge is 0.502 e. The van der Waals surface area contributed by atoms with Crippen molar-refractivity contribution in [1.82, 2.24) is 9.13 Å². The number of ketones is 1. The van der Waals surface area contributed by atoms with Crippen molar-refractivity contribution in [1.29, 1.82) is 0 Å². The fourth-order valence-electron chi connectivity index (χ4n) is 3.05. The molecule has 0 aliphatic heterocycles. The maximum absolute atomic E-state index is 14.2. The van der Waals surface area contributed by atoms with Crippen molar-refractivity contribution >= 4 is 11.8 Å². The molecule has 1 N–H and O–H groups in total. The van der Waals surface area contributed by atoms with Gasteiger partial charge in [0.15, 0.2) is 5.78 Å². The van der Waals surface area contributed by atoms with E-state index in [4.69, 9.17) is 0 Å². The summed E-state index contributed by atoms with van der Waals surface area (Å²) in [6.45, 7) is -0.842. The first-order valence-corrected chi connectivity index (χ1v) is 9.57. The Morgan fingerprint density at radius 3 is 2.06 bits per heavy atom. The fraction of sp³-hybridized carbons (Fsp3) is 0.130. The van der Waals surface area contributed by atoms with Crippen LogP contribution in [0.25, 0.3) is 0 Å². The van der Waals surface area contributed by atoms with Crippen LogP contribution >= 0.6 is 0 Å². The Balaban J connectivity index is 2.18. The lowest BCUT2D eigenvalue weighted by Crippen LogP contribution is -2.42. The van der Waals surface area contributed by atoms with Crippen LogP contribution in [0.15, 0.2) is 76.2 Å². The second kappa shape index (κ2) is 9.86. The Bertz CT molecular complexity index is 1370. The standard InChI is InChI=1S/C23H18F2N2O6/c1-33-22(31)20(29)10-19(28)16-13-26(11-14-6-2-4-8-17(14)24)23(32)27(21(16)30)12-15-7-3-5-9-18(15)25/h2-10,13,29H,11-12H2,1H3. The second-order valence-electron chi connectivity index (χ2n) is 6.91. The molecule has 8 nitrogen and oxygen atoms in total. The van der Waals surface area contributed by atoms with Gasteiger partial charge >= 0.3 is 11.7 Å². The average Bonchev–Trinajstić information content (AvgIpc) is 2.80. The summed E-state index contributed by atoms with van der Waals surface area (Å²) in [5, 5.41) is 9.67. The molecule has 0 unspecified atom stereocenters. The number of aliphatic hydroxyl groups is 1. The highest BCUT2D eigenvalue weighted by atomic mass is 19.1. The first-order chi connectivity index (χ1) is 15.7. The van der Waals surface area contributed by atoms with E-state index in [0.29, 0.717) is 10.6 Å². The molecule has 33 heavy (non-hydrogen) atoms. The quantitative estimate of drug-likeness (QED) is 0.253. The molecule has 1 aromatic heterocycles. The highest BCUT2D eigenvalue weighted by Gasteiger charge is 2.20. The van der Waals surface area contributed by atoms with Gasteiger partial charge in [-0.15, -0.1) is 0 Å². The highest BCUT2D eigenvalue weighted by molar-refractivity contribution is 6.07. The average molecular weight is 456 g/mol. The monoisotopic (exact) mass is 456 g/mol. The van der Waals surface area contributed by atoms with Gasteiger partial charge in [0.05, 0.1) is 20.2 Å². The normalized spacial score (nSPS) is 11.3. The molecule has 0 aliphatic carbocycles. The smallest absolute Gasteiger partial charge is 0.373 e. The van der Waals surface area contributed by atoms with E-state index in [9.17, 15) is 33.1 Å². The van der Waals surface area contributed by atoms with Crippen molar-refractivity contribution < 1.29 is 28.2 Å². The SMILES string of the molecule is COC(=O)C(O)=CC(=O)c1cn(Cc2ccccc2F)c(=O)n(Cc2ccccc2F)c1=O. The van der Waals surface area contributed by atoms with Gasteiger partial charge in [0.2, 0.25) is 5.76 Å². The molecule has 2 aromatic carbocycles. The maximum Gasteiger partial charge on any atom is 0.373 e. The van der Waals surface area contributed by atoms with Crippen LogP contribution in [-0.4, -0.2) is 33.1 Å². The number of carbonyl (C=O) groups is 2. The lowest BCUT2D eigenvalue weighted by atomic mass is 10.1. The van der Waals surface area contributed by atoms with E-state index in [1.165, 1.54) is 36.4 Å². The number of ether oxygens (including phenoxy) is 1. The summed E-state index contributed by atoms with van der Waals surface area (Å²) in [5.74, 6) is -4.67. The molecule has 170 valence electrons. The third-order valence-corrected chi connectivity index (χ3v) is 4.75. The third kappa shape index (κ3) is 5.12. The molecular weight excluding hydrogens is 438 g/mol.